The second-order valence-electron chi connectivity index (χ2n) is 2.67. The van der Waals surface area contributed by atoms with Gasteiger partial charge in [0.2, 0.25) is 0 Å². The van der Waals surface area contributed by atoms with Gasteiger partial charge in [0.25, 0.3) is 0 Å². The lowest BCUT2D eigenvalue weighted by atomic mass is 9.99. The van der Waals surface area contributed by atoms with Crippen LogP contribution in [0.5, 0.6) is 0 Å². The van der Waals surface area contributed by atoms with Gasteiger partial charge >= 0.3 is 0 Å². The van der Waals surface area contributed by atoms with Gasteiger partial charge in [-0.25, -0.2) is 4.39 Å². The molecule has 0 fully saturated rings. The Morgan fingerprint density at radius 1 is 1.27 bits per heavy atom. The molecule has 0 bridgehead atoms. The van der Waals surface area contributed by atoms with E-state index in [4.69, 9.17) is 0 Å². The van der Waals surface area contributed by atoms with Crippen molar-refractivity contribution in [2.24, 2.45) is 0 Å². The van der Waals surface area contributed by atoms with Gasteiger partial charge in [0.15, 0.2) is 0 Å². The Bertz CT molecular complexity index is 213. The largest absolute Gasteiger partial charge is 0.207 e. The van der Waals surface area contributed by atoms with Crippen molar-refractivity contribution >= 4 is 0 Å². The topological polar surface area (TPSA) is 0 Å². The second-order valence-corrected chi connectivity index (χ2v) is 2.67. The minimum Gasteiger partial charge on any atom is -0.207 e. The average Bonchev–Trinajstić information content (AvgIpc) is 2.05. The molecule has 0 aliphatic carbocycles. The van der Waals surface area contributed by atoms with Crippen molar-refractivity contribution in [2.45, 2.75) is 19.8 Å². The van der Waals surface area contributed by atoms with Crippen LogP contribution in [0, 0.1) is 12.2 Å². The van der Waals surface area contributed by atoms with E-state index in [1.807, 2.05) is 19.1 Å². The molecule has 1 heteroatoms. The van der Waals surface area contributed by atoms with E-state index in [2.05, 4.69) is 13.3 Å². The molecule has 0 aliphatic rings. The molecular formula is C10H12F. The van der Waals surface area contributed by atoms with Crippen LogP contribution >= 0.6 is 0 Å². The third-order valence-electron chi connectivity index (χ3n) is 1.90. The summed E-state index contributed by atoms with van der Waals surface area (Å²) in [6, 6.07) is 6.63. The van der Waals surface area contributed by atoms with Crippen molar-refractivity contribution in [1.82, 2.24) is 0 Å². The van der Waals surface area contributed by atoms with Gasteiger partial charge < -0.3 is 0 Å². The molecular weight excluding hydrogens is 139 g/mol. The van der Waals surface area contributed by atoms with E-state index < -0.39 is 0 Å². The van der Waals surface area contributed by atoms with Crippen LogP contribution in [0.15, 0.2) is 24.3 Å². The summed E-state index contributed by atoms with van der Waals surface area (Å²) in [6.07, 6.45) is 2.09. The van der Waals surface area contributed by atoms with Crippen molar-refractivity contribution in [2.75, 3.05) is 0 Å². The van der Waals surface area contributed by atoms with E-state index in [-0.39, 0.29) is 5.82 Å². The Morgan fingerprint density at radius 2 is 1.82 bits per heavy atom. The van der Waals surface area contributed by atoms with Gasteiger partial charge in [-0.2, -0.15) is 0 Å². The minimum absolute atomic E-state index is 0.169. The van der Waals surface area contributed by atoms with Crippen molar-refractivity contribution in [1.29, 1.82) is 0 Å². The second kappa shape index (κ2) is 3.51. The van der Waals surface area contributed by atoms with Gasteiger partial charge in [0.05, 0.1) is 0 Å². The Hall–Kier alpha value is -0.850. The van der Waals surface area contributed by atoms with E-state index >= 15 is 0 Å². The van der Waals surface area contributed by atoms with E-state index in [1.165, 1.54) is 12.1 Å². The first-order chi connectivity index (χ1) is 5.24. The van der Waals surface area contributed by atoms with E-state index in [1.54, 1.807) is 0 Å². The summed E-state index contributed by atoms with van der Waals surface area (Å²) in [6.45, 7) is 4.10. The maximum absolute atomic E-state index is 12.4. The molecule has 0 heterocycles. The molecule has 1 atom stereocenters. The minimum atomic E-state index is -0.169. The lowest BCUT2D eigenvalue weighted by Gasteiger charge is -2.06. The zero-order chi connectivity index (χ0) is 8.27. The Labute approximate surface area is 67.1 Å². The lowest BCUT2D eigenvalue weighted by Crippen LogP contribution is -1.91. The zero-order valence-electron chi connectivity index (χ0n) is 6.84. The Morgan fingerprint density at radius 3 is 2.27 bits per heavy atom. The number of hydrogen-bond acceptors (Lipinski definition) is 0. The molecule has 0 amide bonds. The van der Waals surface area contributed by atoms with Crippen molar-refractivity contribution in [3.05, 3.63) is 42.1 Å². The molecule has 59 valence electrons. The van der Waals surface area contributed by atoms with Crippen LogP contribution in [0.4, 0.5) is 4.39 Å². The molecule has 0 spiro atoms. The molecule has 0 N–H and O–H groups in total. The van der Waals surface area contributed by atoms with Gasteiger partial charge in [-0.3, -0.25) is 0 Å². The van der Waals surface area contributed by atoms with Crippen LogP contribution in [0.2, 0.25) is 0 Å². The summed E-state index contributed by atoms with van der Waals surface area (Å²) in [5.41, 5.74) is 1.16. The molecule has 1 aromatic rings. The molecule has 0 saturated heterocycles. The van der Waals surface area contributed by atoms with Gasteiger partial charge in [0.1, 0.15) is 5.82 Å². The summed E-state index contributed by atoms with van der Waals surface area (Å²) < 4.78 is 12.4. The van der Waals surface area contributed by atoms with Crippen LogP contribution in [0.25, 0.3) is 0 Å². The first-order valence-electron chi connectivity index (χ1n) is 3.79. The molecule has 0 nitrogen and oxygen atoms in total. The van der Waals surface area contributed by atoms with E-state index in [0.29, 0.717) is 5.92 Å². The maximum atomic E-state index is 12.4. The predicted molar refractivity (Wildman–Crippen MR) is 44.8 cm³/mol. The normalized spacial score (nSPS) is 13.0. The van der Waals surface area contributed by atoms with Crippen molar-refractivity contribution in [3.63, 3.8) is 0 Å². The van der Waals surface area contributed by atoms with Crippen LogP contribution in [0.1, 0.15) is 25.3 Å². The van der Waals surface area contributed by atoms with E-state index in [9.17, 15) is 4.39 Å². The predicted octanol–water partition coefficient (Wildman–Crippen LogP) is 3.15. The number of rotatable bonds is 2. The fourth-order valence-electron chi connectivity index (χ4n) is 0.959. The van der Waals surface area contributed by atoms with Crippen molar-refractivity contribution < 1.29 is 4.39 Å². The van der Waals surface area contributed by atoms with Crippen LogP contribution in [0.3, 0.4) is 0 Å². The zero-order valence-corrected chi connectivity index (χ0v) is 6.84. The third kappa shape index (κ3) is 2.04. The molecule has 11 heavy (non-hydrogen) atoms. The van der Waals surface area contributed by atoms with Crippen LogP contribution in [-0.2, 0) is 0 Å². The smallest absolute Gasteiger partial charge is 0.123 e. The Kier molecular flexibility index (Phi) is 2.64. The highest BCUT2D eigenvalue weighted by Gasteiger charge is 2.01. The molecule has 0 aliphatic heterocycles. The summed E-state index contributed by atoms with van der Waals surface area (Å²) in [5.74, 6) is 0.243. The first kappa shape index (κ1) is 8.25. The molecule has 0 saturated carbocycles. The highest BCUT2D eigenvalue weighted by Crippen LogP contribution is 2.17. The summed E-state index contributed by atoms with van der Waals surface area (Å²) in [4.78, 5) is 0. The van der Waals surface area contributed by atoms with Gasteiger partial charge in [-0.1, -0.05) is 26.0 Å². The maximum Gasteiger partial charge on any atom is 0.123 e. The van der Waals surface area contributed by atoms with Crippen molar-refractivity contribution in [3.8, 4) is 0 Å². The Balaban J connectivity index is 2.81. The SMILES string of the molecule is C[CH]C(C)c1ccc(F)cc1. The van der Waals surface area contributed by atoms with Crippen LogP contribution < -0.4 is 0 Å². The monoisotopic (exact) mass is 151 g/mol. The van der Waals surface area contributed by atoms with Gasteiger partial charge in [-0.15, -0.1) is 0 Å². The van der Waals surface area contributed by atoms with Gasteiger partial charge in [-0.05, 0) is 30.0 Å². The summed E-state index contributed by atoms with van der Waals surface area (Å²) >= 11 is 0. The fraction of sp³-hybridized carbons (Fsp3) is 0.300. The van der Waals surface area contributed by atoms with Crippen LogP contribution in [-0.4, -0.2) is 0 Å². The highest BCUT2D eigenvalue weighted by atomic mass is 19.1. The molecule has 1 aromatic carbocycles. The summed E-state index contributed by atoms with van der Waals surface area (Å²) in [7, 11) is 0. The standard InChI is InChI=1S/C10H12F/c1-3-8(2)9-4-6-10(11)7-5-9/h3-8H,1-2H3. The third-order valence-corrected chi connectivity index (χ3v) is 1.90. The highest BCUT2D eigenvalue weighted by molar-refractivity contribution is 5.21. The summed E-state index contributed by atoms with van der Waals surface area (Å²) in [5, 5.41) is 0. The average molecular weight is 151 g/mol. The number of hydrogen-bond donors (Lipinski definition) is 0. The quantitative estimate of drug-likeness (QED) is 0.609. The fourth-order valence-corrected chi connectivity index (χ4v) is 0.959. The molecule has 1 unspecified atom stereocenters. The molecule has 0 aromatic heterocycles. The number of halogens is 1. The molecule has 1 rings (SSSR count). The first-order valence-corrected chi connectivity index (χ1v) is 3.79. The van der Waals surface area contributed by atoms with E-state index in [0.717, 1.165) is 5.56 Å². The molecule has 1 radical (unpaired) electrons. The lowest BCUT2D eigenvalue weighted by molar-refractivity contribution is 0.626. The number of benzene rings is 1. The van der Waals surface area contributed by atoms with Gasteiger partial charge in [0, 0.05) is 0 Å².